The van der Waals surface area contributed by atoms with Crippen LogP contribution in [0.15, 0.2) is 0 Å². The van der Waals surface area contributed by atoms with E-state index in [4.69, 9.17) is 14.2 Å². The van der Waals surface area contributed by atoms with Gasteiger partial charge in [-0.05, 0) is 41.0 Å². The van der Waals surface area contributed by atoms with Crippen molar-refractivity contribution in [2.75, 3.05) is 19.8 Å². The van der Waals surface area contributed by atoms with Crippen LogP contribution in [0.2, 0.25) is 0 Å². The molecule has 2 unspecified atom stereocenters. The molecule has 21 heavy (non-hydrogen) atoms. The van der Waals surface area contributed by atoms with Crippen molar-refractivity contribution in [3.05, 3.63) is 0 Å². The van der Waals surface area contributed by atoms with Crippen LogP contribution in [0, 0.1) is 10.8 Å². The first-order chi connectivity index (χ1) is 9.62. The number of rotatable bonds is 9. The Labute approximate surface area is 126 Å². The fourth-order valence-corrected chi connectivity index (χ4v) is 1.30. The summed E-state index contributed by atoms with van der Waals surface area (Å²) >= 11 is 0. The molecule has 0 amide bonds. The maximum Gasteiger partial charge on any atom is 0.319 e. The quantitative estimate of drug-likeness (QED) is 0.517. The second-order valence-electron chi connectivity index (χ2n) is 5.96. The Balaban J connectivity index is 4.66. The predicted molar refractivity (Wildman–Crippen MR) is 77.4 cm³/mol. The van der Waals surface area contributed by atoms with E-state index in [1.165, 1.54) is 6.92 Å². The summed E-state index contributed by atoms with van der Waals surface area (Å²) in [7, 11) is 0. The zero-order valence-corrected chi connectivity index (χ0v) is 13.9. The second kappa shape index (κ2) is 8.34. The Morgan fingerprint density at radius 2 is 1.71 bits per heavy atom. The first kappa shape index (κ1) is 19.9. The number of aliphatic hydroxyl groups is 1. The SMILES string of the molecule is CCOC(C)OC(=O)C(C)(CO)COC(=O)C(C)(C)CC. The van der Waals surface area contributed by atoms with Crippen LogP contribution in [0.5, 0.6) is 0 Å². The van der Waals surface area contributed by atoms with Gasteiger partial charge in [-0.1, -0.05) is 6.92 Å². The molecule has 1 N–H and O–H groups in total. The van der Waals surface area contributed by atoms with Crippen LogP contribution in [-0.2, 0) is 23.8 Å². The molecular weight excluding hydrogens is 276 g/mol. The highest BCUT2D eigenvalue weighted by molar-refractivity contribution is 5.79. The maximum atomic E-state index is 12.1. The van der Waals surface area contributed by atoms with Gasteiger partial charge in [-0.25, -0.2) is 0 Å². The van der Waals surface area contributed by atoms with E-state index in [1.54, 1.807) is 27.7 Å². The zero-order chi connectivity index (χ0) is 16.7. The average Bonchev–Trinajstić information content (AvgIpc) is 2.44. The smallest absolute Gasteiger partial charge is 0.319 e. The number of carbonyl (C=O) groups is 2. The molecule has 0 rings (SSSR count). The summed E-state index contributed by atoms with van der Waals surface area (Å²) in [6.45, 7) is 9.96. The average molecular weight is 304 g/mol. The molecule has 0 spiro atoms. The third-order valence-electron chi connectivity index (χ3n) is 3.47. The Hall–Kier alpha value is -1.14. The summed E-state index contributed by atoms with van der Waals surface area (Å²) in [5.41, 5.74) is -1.93. The molecule has 0 radical (unpaired) electrons. The summed E-state index contributed by atoms with van der Waals surface area (Å²) in [4.78, 5) is 24.0. The summed E-state index contributed by atoms with van der Waals surface area (Å²) in [6.07, 6.45) is -0.0933. The van der Waals surface area contributed by atoms with E-state index in [2.05, 4.69) is 0 Å². The van der Waals surface area contributed by atoms with E-state index in [0.29, 0.717) is 13.0 Å². The molecule has 0 aliphatic carbocycles. The molecule has 0 aromatic heterocycles. The van der Waals surface area contributed by atoms with Gasteiger partial charge >= 0.3 is 11.9 Å². The minimum absolute atomic E-state index is 0.233. The Morgan fingerprint density at radius 1 is 1.14 bits per heavy atom. The maximum absolute atomic E-state index is 12.1. The fourth-order valence-electron chi connectivity index (χ4n) is 1.30. The Kier molecular flexibility index (Phi) is 7.89. The summed E-state index contributed by atoms with van der Waals surface area (Å²) in [5, 5.41) is 9.44. The summed E-state index contributed by atoms with van der Waals surface area (Å²) < 4.78 is 15.4. The van der Waals surface area contributed by atoms with Crippen molar-refractivity contribution in [3.8, 4) is 0 Å². The minimum atomic E-state index is -1.30. The molecule has 124 valence electrons. The molecule has 0 fully saturated rings. The monoisotopic (exact) mass is 304 g/mol. The van der Waals surface area contributed by atoms with Gasteiger partial charge in [0, 0.05) is 6.61 Å². The highest BCUT2D eigenvalue weighted by atomic mass is 16.7. The lowest BCUT2D eigenvalue weighted by Gasteiger charge is -2.28. The van der Waals surface area contributed by atoms with Gasteiger partial charge in [0.15, 0.2) is 6.29 Å². The number of ether oxygens (including phenoxy) is 3. The largest absolute Gasteiger partial charge is 0.464 e. The lowest BCUT2D eigenvalue weighted by molar-refractivity contribution is -0.191. The minimum Gasteiger partial charge on any atom is -0.464 e. The Morgan fingerprint density at radius 3 is 2.14 bits per heavy atom. The first-order valence-electron chi connectivity index (χ1n) is 7.23. The van der Waals surface area contributed by atoms with Crippen molar-refractivity contribution in [1.29, 1.82) is 0 Å². The van der Waals surface area contributed by atoms with E-state index >= 15 is 0 Å². The lowest BCUT2D eigenvalue weighted by Crippen LogP contribution is -2.41. The van der Waals surface area contributed by atoms with Crippen molar-refractivity contribution in [1.82, 2.24) is 0 Å². The molecule has 2 atom stereocenters. The molecule has 0 aliphatic rings. The molecule has 6 nitrogen and oxygen atoms in total. The number of carbonyl (C=O) groups excluding carboxylic acids is 2. The van der Waals surface area contributed by atoms with Crippen LogP contribution < -0.4 is 0 Å². The highest BCUT2D eigenvalue weighted by Crippen LogP contribution is 2.25. The van der Waals surface area contributed by atoms with Crippen molar-refractivity contribution < 1.29 is 28.9 Å². The van der Waals surface area contributed by atoms with Crippen molar-refractivity contribution >= 4 is 11.9 Å². The number of aliphatic hydroxyl groups excluding tert-OH is 1. The van der Waals surface area contributed by atoms with Crippen LogP contribution in [-0.4, -0.2) is 43.2 Å². The number of hydrogen-bond donors (Lipinski definition) is 1. The topological polar surface area (TPSA) is 82.1 Å². The zero-order valence-electron chi connectivity index (χ0n) is 13.9. The molecule has 0 bridgehead atoms. The van der Waals surface area contributed by atoms with Crippen LogP contribution in [0.25, 0.3) is 0 Å². The Bertz CT molecular complexity index is 352. The summed E-state index contributed by atoms with van der Waals surface area (Å²) in [5.74, 6) is -1.07. The van der Waals surface area contributed by atoms with Crippen LogP contribution in [0.1, 0.15) is 48.0 Å². The molecule has 6 heteroatoms. The van der Waals surface area contributed by atoms with E-state index < -0.39 is 35.7 Å². The van der Waals surface area contributed by atoms with Crippen LogP contribution in [0.3, 0.4) is 0 Å². The van der Waals surface area contributed by atoms with E-state index in [9.17, 15) is 14.7 Å². The van der Waals surface area contributed by atoms with Gasteiger partial charge in [0.1, 0.15) is 12.0 Å². The van der Waals surface area contributed by atoms with Crippen LogP contribution >= 0.6 is 0 Å². The van der Waals surface area contributed by atoms with Crippen molar-refractivity contribution in [2.45, 2.75) is 54.3 Å². The number of esters is 2. The first-order valence-corrected chi connectivity index (χ1v) is 7.23. The van der Waals surface area contributed by atoms with E-state index in [0.717, 1.165) is 0 Å². The molecule has 0 saturated carbocycles. The molecule has 0 aliphatic heterocycles. The van der Waals surface area contributed by atoms with Gasteiger partial charge in [-0.3, -0.25) is 9.59 Å². The van der Waals surface area contributed by atoms with Gasteiger partial charge in [0.25, 0.3) is 0 Å². The molecular formula is C15H28O6. The second-order valence-corrected chi connectivity index (χ2v) is 5.96. The predicted octanol–water partition coefficient (Wildman–Crippen LogP) is 1.89. The van der Waals surface area contributed by atoms with Crippen molar-refractivity contribution in [3.63, 3.8) is 0 Å². The molecule has 0 saturated heterocycles. The fraction of sp³-hybridized carbons (Fsp3) is 0.867. The van der Waals surface area contributed by atoms with E-state index in [-0.39, 0.29) is 6.61 Å². The molecule has 0 heterocycles. The summed E-state index contributed by atoms with van der Waals surface area (Å²) in [6, 6.07) is 0. The standard InChI is InChI=1S/C15H28O6/c1-7-14(4,5)12(17)20-10-15(6,9-16)13(18)21-11(3)19-8-2/h11,16H,7-10H2,1-6H3. The van der Waals surface area contributed by atoms with Crippen LogP contribution in [0.4, 0.5) is 0 Å². The van der Waals surface area contributed by atoms with E-state index in [1.807, 2.05) is 6.92 Å². The van der Waals surface area contributed by atoms with Gasteiger partial charge in [-0.15, -0.1) is 0 Å². The molecule has 0 aromatic carbocycles. The molecule has 0 aromatic rings. The third kappa shape index (κ3) is 6.01. The number of hydrogen-bond acceptors (Lipinski definition) is 6. The van der Waals surface area contributed by atoms with Gasteiger partial charge < -0.3 is 19.3 Å². The third-order valence-corrected chi connectivity index (χ3v) is 3.47. The van der Waals surface area contributed by atoms with Crippen molar-refractivity contribution in [2.24, 2.45) is 10.8 Å². The normalized spacial score (nSPS) is 16.0. The lowest BCUT2D eigenvalue weighted by atomic mass is 9.90. The van der Waals surface area contributed by atoms with Gasteiger partial charge in [0.2, 0.25) is 0 Å². The highest BCUT2D eigenvalue weighted by Gasteiger charge is 2.38. The van der Waals surface area contributed by atoms with Gasteiger partial charge in [0.05, 0.1) is 12.0 Å². The van der Waals surface area contributed by atoms with Gasteiger partial charge in [-0.2, -0.15) is 0 Å².